The molecule has 9 rings (SSSR count). The minimum atomic E-state index is -0.528. The number of nitrogens with zero attached hydrogens (tertiary/aromatic N) is 6. The molecule has 0 bridgehead atoms. The highest BCUT2D eigenvalue weighted by Gasteiger charge is 2.70. The van der Waals surface area contributed by atoms with Crippen LogP contribution in [0.4, 0.5) is 0 Å². The molecular formula is C52H70N6O4. The van der Waals surface area contributed by atoms with Crippen LogP contribution in [0.15, 0.2) is 72.6 Å². The normalized spacial score (nSPS) is 34.9. The monoisotopic (exact) mass is 843 g/mol. The molecule has 0 aliphatic heterocycles. The van der Waals surface area contributed by atoms with Crippen molar-refractivity contribution in [3.8, 4) is 0 Å². The fourth-order valence-corrected chi connectivity index (χ4v) is 14.0. The van der Waals surface area contributed by atoms with Crippen molar-refractivity contribution < 1.29 is 19.4 Å². The van der Waals surface area contributed by atoms with Gasteiger partial charge in [-0.1, -0.05) is 123 Å². The molecule has 10 nitrogen and oxygen atoms in total. The molecule has 4 fully saturated rings. The van der Waals surface area contributed by atoms with Crippen LogP contribution in [0, 0.1) is 64.1 Å². The molecule has 4 saturated carbocycles. The summed E-state index contributed by atoms with van der Waals surface area (Å²) in [7, 11) is 0. The van der Waals surface area contributed by atoms with Gasteiger partial charge in [-0.3, -0.25) is 4.79 Å². The highest BCUT2D eigenvalue weighted by atomic mass is 16.5. The Morgan fingerprint density at radius 1 is 0.742 bits per heavy atom. The number of carbonyl (C=O) groups is 1. The third-order valence-corrected chi connectivity index (χ3v) is 17.9. The Hall–Kier alpha value is -4.15. The Morgan fingerprint density at radius 3 is 1.97 bits per heavy atom. The van der Waals surface area contributed by atoms with Crippen LogP contribution in [0.3, 0.4) is 0 Å². The lowest BCUT2D eigenvalue weighted by Gasteiger charge is -2.71. The Bertz CT molecular complexity index is 2300. The Balaban J connectivity index is 0.909. The first kappa shape index (κ1) is 43.1. The Morgan fingerprint density at radius 2 is 1.34 bits per heavy atom. The number of aromatic nitrogens is 6. The molecule has 9 atom stereocenters. The average molecular weight is 843 g/mol. The number of hydrogen-bond acceptors (Lipinski definition) is 8. The second kappa shape index (κ2) is 15.8. The van der Waals surface area contributed by atoms with Gasteiger partial charge in [-0.05, 0) is 129 Å². The fraction of sp³-hybridized carbons (Fsp3) is 0.635. The van der Waals surface area contributed by atoms with Crippen LogP contribution in [0.5, 0.6) is 0 Å². The fourth-order valence-electron chi connectivity index (χ4n) is 14.0. The van der Waals surface area contributed by atoms with Crippen LogP contribution < -0.4 is 0 Å². The predicted octanol–water partition coefficient (Wildman–Crippen LogP) is 9.99. The van der Waals surface area contributed by atoms with Crippen molar-refractivity contribution in [2.75, 3.05) is 6.61 Å². The number of fused-ring (bicyclic) bond motifs is 7. The Labute approximate surface area is 369 Å². The number of benzene rings is 2. The van der Waals surface area contributed by atoms with E-state index >= 15 is 0 Å². The van der Waals surface area contributed by atoms with Gasteiger partial charge in [0.15, 0.2) is 0 Å². The van der Waals surface area contributed by atoms with E-state index in [1.807, 2.05) is 21.8 Å². The van der Waals surface area contributed by atoms with E-state index in [2.05, 4.69) is 131 Å². The number of aliphatic hydroxyl groups is 1. The molecule has 5 aliphatic rings. The lowest BCUT2D eigenvalue weighted by molar-refractivity contribution is -0.221. The van der Waals surface area contributed by atoms with E-state index < -0.39 is 11.5 Å². The first-order chi connectivity index (χ1) is 29.5. The summed E-state index contributed by atoms with van der Waals surface area (Å²) in [5.74, 6) is 0.894. The Kier molecular flexibility index (Phi) is 11.0. The van der Waals surface area contributed by atoms with Gasteiger partial charge in [0, 0.05) is 5.41 Å². The van der Waals surface area contributed by atoms with Gasteiger partial charge in [0.2, 0.25) is 0 Å². The highest BCUT2D eigenvalue weighted by Crippen LogP contribution is 2.76. The molecule has 10 heteroatoms. The number of rotatable bonds is 11. The number of ether oxygens (including phenoxy) is 2. The van der Waals surface area contributed by atoms with Gasteiger partial charge in [-0.25, -0.2) is 9.36 Å². The number of hydrogen-bond donors (Lipinski definition) is 1. The summed E-state index contributed by atoms with van der Waals surface area (Å²) < 4.78 is 16.5. The second-order valence-electron chi connectivity index (χ2n) is 22.3. The summed E-state index contributed by atoms with van der Waals surface area (Å²) in [4.78, 5) is 14.7. The number of aliphatic hydroxyl groups excluding tert-OH is 1. The van der Waals surface area contributed by atoms with Gasteiger partial charge in [-0.15, -0.1) is 10.2 Å². The van der Waals surface area contributed by atoms with Crippen molar-refractivity contribution in [1.82, 2.24) is 30.0 Å². The quantitative estimate of drug-likeness (QED) is 0.117. The lowest BCUT2D eigenvalue weighted by atomic mass is 9.33. The van der Waals surface area contributed by atoms with Gasteiger partial charge in [0.25, 0.3) is 0 Å². The molecule has 62 heavy (non-hydrogen) atoms. The van der Waals surface area contributed by atoms with E-state index in [-0.39, 0.29) is 45.6 Å². The molecule has 0 amide bonds. The molecule has 2 heterocycles. The summed E-state index contributed by atoms with van der Waals surface area (Å²) in [6.07, 6.45) is 15.8. The maximum absolute atomic E-state index is 14.7. The van der Waals surface area contributed by atoms with Crippen molar-refractivity contribution in [3.05, 3.63) is 106 Å². The predicted molar refractivity (Wildman–Crippen MR) is 239 cm³/mol. The van der Waals surface area contributed by atoms with Crippen molar-refractivity contribution in [2.24, 2.45) is 50.2 Å². The summed E-state index contributed by atoms with van der Waals surface area (Å²) in [5, 5.41) is 29.4. The maximum atomic E-state index is 14.7. The second-order valence-corrected chi connectivity index (χ2v) is 22.3. The summed E-state index contributed by atoms with van der Waals surface area (Å²) in [5.41, 5.74) is 7.16. The van der Waals surface area contributed by atoms with Gasteiger partial charge in [-0.2, -0.15) is 0 Å². The van der Waals surface area contributed by atoms with E-state index in [9.17, 15) is 9.90 Å². The van der Waals surface area contributed by atoms with Crippen LogP contribution in [-0.2, 0) is 40.6 Å². The first-order valence-electron chi connectivity index (χ1n) is 23.5. The molecule has 0 saturated heterocycles. The molecule has 2 aromatic heterocycles. The van der Waals surface area contributed by atoms with Crippen LogP contribution >= 0.6 is 0 Å². The van der Waals surface area contributed by atoms with Crippen LogP contribution in [0.1, 0.15) is 139 Å². The molecule has 0 unspecified atom stereocenters. The summed E-state index contributed by atoms with van der Waals surface area (Å²) >= 11 is 0. The molecule has 0 spiro atoms. The van der Waals surface area contributed by atoms with Crippen molar-refractivity contribution in [2.45, 2.75) is 152 Å². The average Bonchev–Trinajstić information content (AvgIpc) is 3.89. The molecule has 4 aromatic rings. The third-order valence-electron chi connectivity index (χ3n) is 17.9. The number of aryl methyl sites for hydroxylation is 2. The van der Waals surface area contributed by atoms with E-state index in [0.717, 1.165) is 75.5 Å². The zero-order valence-corrected chi connectivity index (χ0v) is 38.6. The summed E-state index contributed by atoms with van der Waals surface area (Å²) in [6, 6.07) is 17.0. The van der Waals surface area contributed by atoms with Gasteiger partial charge in [0.1, 0.15) is 18.0 Å². The largest absolute Gasteiger partial charge is 0.459 e. The first-order valence-corrected chi connectivity index (χ1v) is 23.5. The standard InChI is InChI=1S/C52H70N6O4/c1-35-9-13-37(14-10-35)28-57-30-39(53-55-57)32-61-34-49(6)43-19-22-51(8)44(48(43,5)21-20-45(49)59)18-17-41-42-27-47(3,4)23-25-52(42,26-24-50(41,51)7)46(60)62-33-40-31-58(56-54-40)29-38-15-11-36(2)12-16-38/h9-17,30-31,42-45,59H,18-29,32-34H2,1-8H3/t42-,43+,44+,45-,48-,49-,50+,51+,52-/m0/s1. The topological polar surface area (TPSA) is 117 Å². The highest BCUT2D eigenvalue weighted by molar-refractivity contribution is 5.78. The number of esters is 1. The smallest absolute Gasteiger partial charge is 0.313 e. The molecule has 1 N–H and O–H groups in total. The third kappa shape index (κ3) is 7.38. The van der Waals surface area contributed by atoms with E-state index in [0.29, 0.717) is 43.8 Å². The zero-order valence-electron chi connectivity index (χ0n) is 38.6. The molecule has 0 radical (unpaired) electrons. The van der Waals surface area contributed by atoms with E-state index in [1.54, 1.807) is 0 Å². The van der Waals surface area contributed by atoms with E-state index in [4.69, 9.17) is 9.47 Å². The minimum Gasteiger partial charge on any atom is -0.459 e. The lowest BCUT2D eigenvalue weighted by Crippen LogP contribution is -2.66. The van der Waals surface area contributed by atoms with Gasteiger partial charge < -0.3 is 14.6 Å². The van der Waals surface area contributed by atoms with Gasteiger partial charge >= 0.3 is 5.97 Å². The molecule has 332 valence electrons. The molecule has 2 aromatic carbocycles. The van der Waals surface area contributed by atoms with Gasteiger partial charge in [0.05, 0.1) is 50.2 Å². The number of carbonyl (C=O) groups excluding carboxylic acids is 1. The molecule has 5 aliphatic carbocycles. The molecular weight excluding hydrogens is 773 g/mol. The van der Waals surface area contributed by atoms with Crippen molar-refractivity contribution >= 4 is 5.97 Å². The summed E-state index contributed by atoms with van der Waals surface area (Å²) in [6.45, 7) is 21.3. The van der Waals surface area contributed by atoms with Crippen molar-refractivity contribution in [3.63, 3.8) is 0 Å². The van der Waals surface area contributed by atoms with Crippen molar-refractivity contribution in [1.29, 1.82) is 0 Å². The SMILES string of the molecule is Cc1ccc(Cn2cc(COC[C@@]3(C)[C@@H]4CC[C@]5(C)[C@H](CC=C6[C@@H]7CC(C)(C)CC[C@]7(C(=O)OCc7cn(Cc8ccc(C)cc8)nn7)CC[C@]65C)[C@@]4(C)CC[C@@H]3O)nn2)cc1. The van der Waals surface area contributed by atoms with Crippen LogP contribution in [0.25, 0.3) is 0 Å². The van der Waals surface area contributed by atoms with E-state index in [1.165, 1.54) is 22.3 Å². The number of allylic oxidation sites excluding steroid dienone is 2. The maximum Gasteiger partial charge on any atom is 0.313 e. The van der Waals surface area contributed by atoms with Crippen LogP contribution in [0.2, 0.25) is 0 Å². The minimum absolute atomic E-state index is 0.0300. The zero-order chi connectivity index (χ0) is 43.7. The van der Waals surface area contributed by atoms with Crippen LogP contribution in [-0.4, -0.2) is 53.8 Å².